The summed E-state index contributed by atoms with van der Waals surface area (Å²) in [6.45, 7) is 0. The average Bonchev–Trinajstić information content (AvgIpc) is 3.25. The van der Waals surface area contributed by atoms with Gasteiger partial charge in [-0.1, -0.05) is 60.7 Å². The lowest BCUT2D eigenvalue weighted by molar-refractivity contribution is 1.18. The monoisotopic (exact) mass is 445 g/mol. The van der Waals surface area contributed by atoms with Gasteiger partial charge < -0.3 is 4.57 Å². The number of aromatic nitrogens is 3. The van der Waals surface area contributed by atoms with Gasteiger partial charge in [0.25, 0.3) is 0 Å². The molecule has 0 aliphatic rings. The fourth-order valence-electron chi connectivity index (χ4n) is 5.18. The van der Waals surface area contributed by atoms with Crippen LogP contribution in [0.5, 0.6) is 0 Å². The fraction of sp³-hybridized carbons (Fsp3) is 0. The highest BCUT2D eigenvalue weighted by atomic mass is 15.0. The van der Waals surface area contributed by atoms with E-state index in [1.807, 2.05) is 54.6 Å². The molecule has 0 unspecified atom stereocenters. The largest absolute Gasteiger partial charge is 0.309 e. The van der Waals surface area contributed by atoms with Crippen LogP contribution in [0, 0.1) is 22.7 Å². The Labute approximate surface area is 199 Å². The molecule has 5 nitrogen and oxygen atoms in total. The number of benzene rings is 5. The minimum atomic E-state index is 0.0448. The first kappa shape index (κ1) is 19.2. The molecule has 35 heavy (non-hydrogen) atoms. The second-order valence-corrected chi connectivity index (χ2v) is 8.49. The summed E-state index contributed by atoms with van der Waals surface area (Å²) in [5, 5.41) is 25.3. The van der Waals surface area contributed by atoms with Gasteiger partial charge in [-0.15, -0.1) is 0 Å². The standard InChI is InChI=1S/C30H15N5/c31-16-25-26(17-32)34-30-24-14-23-20-11-6-7-13-27(20)35(18-8-2-1-3-9-18)28(23)15-22(24)19-10-4-5-12-21(19)29(30)33-25/h1-15H. The van der Waals surface area contributed by atoms with Gasteiger partial charge in [-0.25, -0.2) is 9.97 Å². The molecule has 0 aliphatic carbocycles. The Hall–Kier alpha value is -5.26. The van der Waals surface area contributed by atoms with Gasteiger partial charge >= 0.3 is 0 Å². The molecule has 0 aliphatic heterocycles. The Morgan fingerprint density at radius 3 is 1.83 bits per heavy atom. The first-order valence-electron chi connectivity index (χ1n) is 11.2. The van der Waals surface area contributed by atoms with E-state index in [0.29, 0.717) is 11.0 Å². The highest BCUT2D eigenvalue weighted by molar-refractivity contribution is 6.27. The first-order valence-corrected chi connectivity index (χ1v) is 11.2. The average molecular weight is 445 g/mol. The maximum atomic E-state index is 9.63. The van der Waals surface area contributed by atoms with Crippen molar-refractivity contribution in [2.24, 2.45) is 0 Å². The van der Waals surface area contributed by atoms with E-state index in [-0.39, 0.29) is 11.4 Å². The topological polar surface area (TPSA) is 78.3 Å². The van der Waals surface area contributed by atoms with Crippen LogP contribution >= 0.6 is 0 Å². The lowest BCUT2D eigenvalue weighted by atomic mass is 9.97. The van der Waals surface area contributed by atoms with Crippen LogP contribution in [0.15, 0.2) is 91.0 Å². The number of hydrogen-bond donors (Lipinski definition) is 0. The summed E-state index contributed by atoms with van der Waals surface area (Å²) < 4.78 is 2.29. The smallest absolute Gasteiger partial charge is 0.177 e. The third-order valence-corrected chi connectivity index (χ3v) is 6.66. The van der Waals surface area contributed by atoms with Crippen LogP contribution in [0.1, 0.15) is 11.4 Å². The highest BCUT2D eigenvalue weighted by Crippen LogP contribution is 2.40. The van der Waals surface area contributed by atoms with Crippen LogP contribution in [0.2, 0.25) is 0 Å². The number of nitrogens with zero attached hydrogens (tertiary/aromatic N) is 5. The molecule has 0 radical (unpaired) electrons. The summed E-state index contributed by atoms with van der Waals surface area (Å²) in [4.78, 5) is 9.23. The summed E-state index contributed by atoms with van der Waals surface area (Å²) in [5.74, 6) is 0. The van der Waals surface area contributed by atoms with Gasteiger partial charge in [-0.3, -0.25) is 0 Å². The molecule has 5 aromatic carbocycles. The zero-order valence-electron chi connectivity index (χ0n) is 18.4. The van der Waals surface area contributed by atoms with Crippen LogP contribution in [-0.2, 0) is 0 Å². The van der Waals surface area contributed by atoms with Crippen LogP contribution < -0.4 is 0 Å². The summed E-state index contributed by atoms with van der Waals surface area (Å²) >= 11 is 0. The Morgan fingerprint density at radius 2 is 1.11 bits per heavy atom. The third-order valence-electron chi connectivity index (χ3n) is 6.66. The molecule has 0 saturated heterocycles. The molecule has 0 amide bonds. The van der Waals surface area contributed by atoms with Gasteiger partial charge in [-0.05, 0) is 41.1 Å². The first-order chi connectivity index (χ1) is 17.3. The molecule has 0 saturated carbocycles. The molecule has 2 heterocycles. The quantitative estimate of drug-likeness (QED) is 0.261. The molecule has 7 aromatic rings. The van der Waals surface area contributed by atoms with Crippen molar-refractivity contribution in [2.75, 3.05) is 0 Å². The summed E-state index contributed by atoms with van der Waals surface area (Å²) in [6.07, 6.45) is 0. The van der Waals surface area contributed by atoms with Crippen LogP contribution in [0.3, 0.4) is 0 Å². The van der Waals surface area contributed by atoms with Crippen molar-refractivity contribution >= 4 is 54.4 Å². The molecule has 2 aromatic heterocycles. The minimum absolute atomic E-state index is 0.0448. The van der Waals surface area contributed by atoms with E-state index < -0.39 is 0 Å². The van der Waals surface area contributed by atoms with Gasteiger partial charge in [0.05, 0.1) is 22.1 Å². The minimum Gasteiger partial charge on any atom is -0.309 e. The van der Waals surface area contributed by atoms with Crippen molar-refractivity contribution in [1.29, 1.82) is 10.5 Å². The molecule has 160 valence electrons. The Kier molecular flexibility index (Phi) is 3.91. The number of nitriles is 2. The second kappa shape index (κ2) is 7.12. The van der Waals surface area contributed by atoms with Crippen molar-refractivity contribution in [1.82, 2.24) is 14.5 Å². The predicted octanol–water partition coefficient (Wildman–Crippen LogP) is 6.78. The molecule has 0 spiro atoms. The van der Waals surface area contributed by atoms with Crippen molar-refractivity contribution in [2.45, 2.75) is 0 Å². The van der Waals surface area contributed by atoms with Gasteiger partial charge in [0, 0.05) is 27.2 Å². The molecular formula is C30H15N5. The summed E-state index contributed by atoms with van der Waals surface area (Å²) in [7, 11) is 0. The molecule has 0 fully saturated rings. The van der Waals surface area contributed by atoms with E-state index >= 15 is 0 Å². The van der Waals surface area contributed by atoms with Crippen molar-refractivity contribution < 1.29 is 0 Å². The maximum absolute atomic E-state index is 9.63. The Balaban J connectivity index is 1.76. The number of hydrogen-bond acceptors (Lipinski definition) is 4. The van der Waals surface area contributed by atoms with E-state index in [2.05, 4.69) is 63.1 Å². The van der Waals surface area contributed by atoms with Crippen molar-refractivity contribution in [3.63, 3.8) is 0 Å². The van der Waals surface area contributed by atoms with Gasteiger partial charge in [-0.2, -0.15) is 10.5 Å². The van der Waals surface area contributed by atoms with Crippen LogP contribution in [0.25, 0.3) is 60.1 Å². The fourth-order valence-corrected chi connectivity index (χ4v) is 5.18. The molecule has 7 rings (SSSR count). The van der Waals surface area contributed by atoms with E-state index in [1.165, 1.54) is 0 Å². The lowest BCUT2D eigenvalue weighted by Gasteiger charge is -2.12. The van der Waals surface area contributed by atoms with E-state index in [1.54, 1.807) is 0 Å². The van der Waals surface area contributed by atoms with Crippen molar-refractivity contribution in [3.8, 4) is 17.8 Å². The molecule has 5 heteroatoms. The highest BCUT2D eigenvalue weighted by Gasteiger charge is 2.18. The predicted molar refractivity (Wildman–Crippen MR) is 138 cm³/mol. The number of rotatable bonds is 1. The Bertz CT molecular complexity index is 2070. The molecule has 0 N–H and O–H groups in total. The SMILES string of the molecule is N#Cc1nc2c3ccccc3c3cc4c(cc3c2nc1C#N)c1ccccc1n4-c1ccccc1. The third kappa shape index (κ3) is 2.61. The summed E-state index contributed by atoms with van der Waals surface area (Å²) in [6, 6.07) is 35.2. The zero-order chi connectivity index (χ0) is 23.5. The van der Waals surface area contributed by atoms with Gasteiger partial charge in [0.15, 0.2) is 11.4 Å². The maximum Gasteiger partial charge on any atom is 0.177 e. The van der Waals surface area contributed by atoms with Crippen LogP contribution in [0.4, 0.5) is 0 Å². The molecule has 0 bridgehead atoms. The van der Waals surface area contributed by atoms with E-state index in [0.717, 1.165) is 49.0 Å². The zero-order valence-corrected chi connectivity index (χ0v) is 18.4. The number of para-hydroxylation sites is 2. The lowest BCUT2D eigenvalue weighted by Crippen LogP contribution is -1.98. The second-order valence-electron chi connectivity index (χ2n) is 8.49. The summed E-state index contributed by atoms with van der Waals surface area (Å²) in [5.41, 5.74) is 4.66. The van der Waals surface area contributed by atoms with Crippen LogP contribution in [-0.4, -0.2) is 14.5 Å². The van der Waals surface area contributed by atoms with E-state index in [9.17, 15) is 10.5 Å². The number of fused-ring (bicyclic) bond motifs is 9. The normalized spacial score (nSPS) is 11.4. The molecule has 0 atom stereocenters. The van der Waals surface area contributed by atoms with Gasteiger partial charge in [0.1, 0.15) is 12.1 Å². The van der Waals surface area contributed by atoms with Gasteiger partial charge in [0.2, 0.25) is 0 Å². The van der Waals surface area contributed by atoms with Crippen molar-refractivity contribution in [3.05, 3.63) is 102 Å². The van der Waals surface area contributed by atoms with E-state index in [4.69, 9.17) is 0 Å². The Morgan fingerprint density at radius 1 is 0.514 bits per heavy atom. The molecular weight excluding hydrogens is 430 g/mol.